The maximum absolute atomic E-state index is 12.6. The third-order valence-electron chi connectivity index (χ3n) is 6.34. The van der Waals surface area contributed by atoms with Crippen LogP contribution in [0.3, 0.4) is 0 Å². The number of benzene rings is 1. The van der Waals surface area contributed by atoms with E-state index in [-0.39, 0.29) is 29.8 Å². The van der Waals surface area contributed by atoms with Crippen molar-refractivity contribution < 1.29 is 14.4 Å². The molecule has 8 heteroatoms. The number of amides is 3. The van der Waals surface area contributed by atoms with Crippen molar-refractivity contribution >= 4 is 35.2 Å². The van der Waals surface area contributed by atoms with Gasteiger partial charge in [-0.15, -0.1) is 0 Å². The first-order valence-electron chi connectivity index (χ1n) is 10.8. The van der Waals surface area contributed by atoms with Crippen molar-refractivity contribution in [1.29, 1.82) is 0 Å². The molecule has 0 aliphatic carbocycles. The fourth-order valence-electron chi connectivity index (χ4n) is 4.54. The van der Waals surface area contributed by atoms with Gasteiger partial charge in [0.05, 0.1) is 12.1 Å². The number of urea groups is 1. The Labute approximate surface area is 181 Å². The summed E-state index contributed by atoms with van der Waals surface area (Å²) in [6.07, 6.45) is 3.57. The summed E-state index contributed by atoms with van der Waals surface area (Å²) in [7, 11) is 0. The summed E-state index contributed by atoms with van der Waals surface area (Å²) >= 11 is 1.93. The molecular formula is C22H30N4O3S. The predicted molar refractivity (Wildman–Crippen MR) is 119 cm³/mol. The standard InChI is InChI=1S/C22H30N4O3S/c1-15(27)16-6-8-17(9-7-16)25-10-12-26(13-11-25)20(28)5-3-2-4-19-21-18(14-30-19)23-22(29)24-21/h6-9,18-19,21H,2-5,10-14H2,1H3,(H2,23,24,29)/t18-,19+,21-/m1/s1. The van der Waals surface area contributed by atoms with Gasteiger partial charge >= 0.3 is 6.03 Å². The van der Waals surface area contributed by atoms with Crippen LogP contribution in [0.25, 0.3) is 0 Å². The second-order valence-corrected chi connectivity index (χ2v) is 9.61. The summed E-state index contributed by atoms with van der Waals surface area (Å²) in [4.78, 5) is 39.7. The molecule has 0 aromatic heterocycles. The van der Waals surface area contributed by atoms with Gasteiger partial charge in [0.15, 0.2) is 5.78 Å². The number of thioether (sulfide) groups is 1. The van der Waals surface area contributed by atoms with Crippen LogP contribution in [-0.2, 0) is 4.79 Å². The Morgan fingerprint density at radius 3 is 2.50 bits per heavy atom. The van der Waals surface area contributed by atoms with Crippen molar-refractivity contribution in [2.45, 2.75) is 49.9 Å². The molecule has 3 aliphatic rings. The summed E-state index contributed by atoms with van der Waals surface area (Å²) in [5.74, 6) is 1.30. The van der Waals surface area contributed by atoms with Crippen molar-refractivity contribution in [3.63, 3.8) is 0 Å². The molecule has 0 bridgehead atoms. The molecule has 0 unspecified atom stereocenters. The highest BCUT2D eigenvalue weighted by atomic mass is 32.2. The number of hydrogen-bond donors (Lipinski definition) is 2. The van der Waals surface area contributed by atoms with E-state index in [4.69, 9.17) is 0 Å². The lowest BCUT2D eigenvalue weighted by Gasteiger charge is -2.36. The lowest BCUT2D eigenvalue weighted by atomic mass is 10.0. The lowest BCUT2D eigenvalue weighted by molar-refractivity contribution is -0.131. The Kier molecular flexibility index (Phi) is 6.51. The number of carbonyl (C=O) groups excluding carboxylic acids is 3. The SMILES string of the molecule is CC(=O)c1ccc(N2CCN(C(=O)CCCC[C@@H]3SC[C@H]4NC(=O)N[C@@H]34)CC2)cc1. The van der Waals surface area contributed by atoms with Gasteiger partial charge in [-0.2, -0.15) is 11.8 Å². The summed E-state index contributed by atoms with van der Waals surface area (Å²) in [6, 6.07) is 8.18. The molecule has 3 aliphatic heterocycles. The molecule has 3 fully saturated rings. The molecule has 3 saturated heterocycles. The van der Waals surface area contributed by atoms with E-state index in [1.54, 1.807) is 6.92 Å². The van der Waals surface area contributed by atoms with Crippen LogP contribution in [0, 0.1) is 0 Å². The highest BCUT2D eigenvalue weighted by Gasteiger charge is 2.42. The van der Waals surface area contributed by atoms with Crippen molar-refractivity contribution in [2.75, 3.05) is 36.8 Å². The number of ketones is 1. The van der Waals surface area contributed by atoms with Crippen LogP contribution in [0.2, 0.25) is 0 Å². The van der Waals surface area contributed by atoms with Crippen molar-refractivity contribution in [3.8, 4) is 0 Å². The number of rotatable bonds is 7. The van der Waals surface area contributed by atoms with E-state index in [1.165, 1.54) is 0 Å². The number of nitrogens with zero attached hydrogens (tertiary/aromatic N) is 2. The van der Waals surface area contributed by atoms with Gasteiger partial charge in [0, 0.05) is 54.9 Å². The number of Topliss-reactive ketones (excluding diaryl/α,β-unsaturated/α-hetero) is 1. The van der Waals surface area contributed by atoms with Gasteiger partial charge in [-0.3, -0.25) is 9.59 Å². The molecule has 3 heterocycles. The number of piperazine rings is 1. The summed E-state index contributed by atoms with van der Waals surface area (Å²) < 4.78 is 0. The van der Waals surface area contributed by atoms with Crippen LogP contribution in [0.1, 0.15) is 43.0 Å². The van der Waals surface area contributed by atoms with Gasteiger partial charge in [-0.25, -0.2) is 4.79 Å². The summed E-state index contributed by atoms with van der Waals surface area (Å²) in [5, 5.41) is 6.46. The van der Waals surface area contributed by atoms with Gasteiger partial charge < -0.3 is 20.4 Å². The molecule has 0 radical (unpaired) electrons. The minimum atomic E-state index is -0.0422. The number of unbranched alkanes of at least 4 members (excludes halogenated alkanes) is 1. The predicted octanol–water partition coefficient (Wildman–Crippen LogP) is 2.26. The van der Waals surface area contributed by atoms with Gasteiger partial charge in [0.2, 0.25) is 5.91 Å². The van der Waals surface area contributed by atoms with Crippen molar-refractivity contribution in [1.82, 2.24) is 15.5 Å². The molecule has 2 N–H and O–H groups in total. The van der Waals surface area contributed by atoms with Crippen molar-refractivity contribution in [3.05, 3.63) is 29.8 Å². The van der Waals surface area contributed by atoms with E-state index in [2.05, 4.69) is 15.5 Å². The van der Waals surface area contributed by atoms with E-state index >= 15 is 0 Å². The first kappa shape index (κ1) is 21.0. The molecule has 7 nitrogen and oxygen atoms in total. The lowest BCUT2D eigenvalue weighted by Crippen LogP contribution is -2.48. The van der Waals surface area contributed by atoms with E-state index in [1.807, 2.05) is 40.9 Å². The fraction of sp³-hybridized carbons (Fsp3) is 0.591. The third-order valence-corrected chi connectivity index (χ3v) is 7.85. The van der Waals surface area contributed by atoms with Crippen molar-refractivity contribution in [2.24, 2.45) is 0 Å². The number of carbonyl (C=O) groups is 3. The minimum absolute atomic E-state index is 0.0422. The molecular weight excluding hydrogens is 400 g/mol. The quantitative estimate of drug-likeness (QED) is 0.394. The van der Waals surface area contributed by atoms with Gasteiger partial charge in [0.1, 0.15) is 0 Å². The van der Waals surface area contributed by atoms with Crippen LogP contribution in [0.15, 0.2) is 24.3 Å². The minimum Gasteiger partial charge on any atom is -0.368 e. The zero-order valence-corrected chi connectivity index (χ0v) is 18.2. The van der Waals surface area contributed by atoms with Crippen LogP contribution < -0.4 is 15.5 Å². The Bertz CT molecular complexity index is 792. The Balaban J connectivity index is 1.15. The fourth-order valence-corrected chi connectivity index (χ4v) is 6.09. The molecule has 0 spiro atoms. The maximum Gasteiger partial charge on any atom is 0.315 e. The van der Waals surface area contributed by atoms with E-state index < -0.39 is 0 Å². The van der Waals surface area contributed by atoms with Crippen LogP contribution in [0.5, 0.6) is 0 Å². The zero-order valence-electron chi connectivity index (χ0n) is 17.4. The number of fused-ring (bicyclic) bond motifs is 1. The van der Waals surface area contributed by atoms with E-state index in [0.717, 1.165) is 62.4 Å². The molecule has 1 aromatic carbocycles. The Hall–Kier alpha value is -2.22. The highest BCUT2D eigenvalue weighted by molar-refractivity contribution is 8.00. The molecule has 4 rings (SSSR count). The third kappa shape index (κ3) is 4.74. The second-order valence-electron chi connectivity index (χ2n) is 8.34. The van der Waals surface area contributed by atoms with E-state index in [9.17, 15) is 14.4 Å². The topological polar surface area (TPSA) is 81.8 Å². The Morgan fingerprint density at radius 1 is 1.07 bits per heavy atom. The number of anilines is 1. The van der Waals surface area contributed by atoms with Gasteiger partial charge in [-0.05, 0) is 44.0 Å². The van der Waals surface area contributed by atoms with E-state index in [0.29, 0.717) is 11.7 Å². The molecule has 3 amide bonds. The molecule has 0 saturated carbocycles. The molecule has 1 aromatic rings. The number of hydrogen-bond acceptors (Lipinski definition) is 5. The van der Waals surface area contributed by atoms with Gasteiger partial charge in [0.25, 0.3) is 0 Å². The normalized spacial score (nSPS) is 25.6. The van der Waals surface area contributed by atoms with Crippen LogP contribution in [0.4, 0.5) is 10.5 Å². The largest absolute Gasteiger partial charge is 0.368 e. The first-order chi connectivity index (χ1) is 14.5. The Morgan fingerprint density at radius 2 is 1.80 bits per heavy atom. The van der Waals surface area contributed by atoms with Crippen LogP contribution >= 0.6 is 11.8 Å². The van der Waals surface area contributed by atoms with Gasteiger partial charge in [-0.1, -0.05) is 6.42 Å². The molecule has 162 valence electrons. The average molecular weight is 431 g/mol. The summed E-state index contributed by atoms with van der Waals surface area (Å²) in [6.45, 7) is 4.70. The van der Waals surface area contributed by atoms with Crippen LogP contribution in [-0.4, -0.2) is 71.9 Å². The smallest absolute Gasteiger partial charge is 0.315 e. The molecule has 30 heavy (non-hydrogen) atoms. The first-order valence-corrected chi connectivity index (χ1v) is 11.9. The zero-order chi connectivity index (χ0) is 21.1. The second kappa shape index (κ2) is 9.29. The summed E-state index contributed by atoms with van der Waals surface area (Å²) in [5.41, 5.74) is 1.83. The average Bonchev–Trinajstić information content (AvgIpc) is 3.30. The maximum atomic E-state index is 12.6. The monoisotopic (exact) mass is 430 g/mol. The molecule has 3 atom stereocenters. The number of nitrogens with one attached hydrogen (secondary N) is 2. The highest BCUT2D eigenvalue weighted by Crippen LogP contribution is 2.33.